The maximum absolute atomic E-state index is 12.0. The van der Waals surface area contributed by atoms with E-state index in [1.54, 1.807) is 0 Å². The third-order valence-corrected chi connectivity index (χ3v) is 3.42. The van der Waals surface area contributed by atoms with Crippen molar-refractivity contribution in [1.82, 2.24) is 0 Å². The van der Waals surface area contributed by atoms with Gasteiger partial charge >= 0.3 is 5.97 Å². The SMILES string of the molecule is COC(=O)c1cccc(NC(=O)COc2cc(C)ccc2C)c1O. The van der Waals surface area contributed by atoms with Gasteiger partial charge in [-0.15, -0.1) is 0 Å². The van der Waals surface area contributed by atoms with Crippen LogP contribution in [-0.4, -0.2) is 30.7 Å². The van der Waals surface area contributed by atoms with Crippen LogP contribution in [0.5, 0.6) is 11.5 Å². The molecule has 126 valence electrons. The highest BCUT2D eigenvalue weighted by atomic mass is 16.5. The number of benzene rings is 2. The van der Waals surface area contributed by atoms with E-state index in [1.165, 1.54) is 25.3 Å². The van der Waals surface area contributed by atoms with Crippen LogP contribution in [0.15, 0.2) is 36.4 Å². The topological polar surface area (TPSA) is 84.9 Å². The minimum absolute atomic E-state index is 0.0225. The summed E-state index contributed by atoms with van der Waals surface area (Å²) in [5.41, 5.74) is 2.04. The first-order valence-electron chi connectivity index (χ1n) is 7.32. The quantitative estimate of drug-likeness (QED) is 0.651. The molecule has 0 aliphatic heterocycles. The molecular weight excluding hydrogens is 310 g/mol. The summed E-state index contributed by atoms with van der Waals surface area (Å²) in [6, 6.07) is 10.1. The van der Waals surface area contributed by atoms with Gasteiger partial charge < -0.3 is 19.9 Å². The number of aryl methyl sites for hydroxylation is 2. The van der Waals surface area contributed by atoms with Gasteiger partial charge in [-0.25, -0.2) is 4.79 Å². The fourth-order valence-corrected chi connectivity index (χ4v) is 2.11. The number of esters is 1. The van der Waals surface area contributed by atoms with E-state index >= 15 is 0 Å². The number of hydrogen-bond acceptors (Lipinski definition) is 5. The smallest absolute Gasteiger partial charge is 0.341 e. The first-order chi connectivity index (χ1) is 11.4. The molecule has 0 unspecified atom stereocenters. The van der Waals surface area contributed by atoms with Crippen molar-refractivity contribution in [3.8, 4) is 11.5 Å². The monoisotopic (exact) mass is 329 g/mol. The van der Waals surface area contributed by atoms with Gasteiger partial charge in [-0.05, 0) is 43.2 Å². The summed E-state index contributed by atoms with van der Waals surface area (Å²) in [4.78, 5) is 23.6. The normalized spacial score (nSPS) is 10.1. The Morgan fingerprint density at radius 2 is 1.92 bits per heavy atom. The van der Waals surface area contributed by atoms with Crippen LogP contribution in [0.3, 0.4) is 0 Å². The summed E-state index contributed by atoms with van der Waals surface area (Å²) < 4.78 is 10.1. The van der Waals surface area contributed by atoms with Gasteiger partial charge in [-0.3, -0.25) is 4.79 Å². The lowest BCUT2D eigenvalue weighted by atomic mass is 10.1. The van der Waals surface area contributed by atoms with Crippen LogP contribution in [0.2, 0.25) is 0 Å². The number of methoxy groups -OCH3 is 1. The van der Waals surface area contributed by atoms with E-state index in [-0.39, 0.29) is 23.6 Å². The average Bonchev–Trinajstić information content (AvgIpc) is 2.57. The maximum atomic E-state index is 12.0. The molecule has 2 rings (SSSR count). The molecule has 2 aromatic rings. The average molecular weight is 329 g/mol. The number of amides is 1. The Balaban J connectivity index is 2.05. The van der Waals surface area contributed by atoms with Crippen molar-refractivity contribution in [2.75, 3.05) is 19.0 Å². The van der Waals surface area contributed by atoms with Crippen LogP contribution in [0.4, 0.5) is 5.69 Å². The molecule has 6 nitrogen and oxygen atoms in total. The molecule has 0 aliphatic rings. The molecule has 0 spiro atoms. The Labute approximate surface area is 140 Å². The van der Waals surface area contributed by atoms with Crippen molar-refractivity contribution in [2.45, 2.75) is 13.8 Å². The Hall–Kier alpha value is -3.02. The number of carbonyl (C=O) groups is 2. The Morgan fingerprint density at radius 1 is 1.17 bits per heavy atom. The zero-order chi connectivity index (χ0) is 17.7. The van der Waals surface area contributed by atoms with E-state index in [4.69, 9.17) is 4.74 Å². The second-order valence-electron chi connectivity index (χ2n) is 5.30. The number of ether oxygens (including phenoxy) is 2. The van der Waals surface area contributed by atoms with Crippen molar-refractivity contribution in [2.24, 2.45) is 0 Å². The van der Waals surface area contributed by atoms with Crippen LogP contribution < -0.4 is 10.1 Å². The molecule has 0 aliphatic carbocycles. The molecule has 0 heterocycles. The maximum Gasteiger partial charge on any atom is 0.341 e. The number of nitrogens with one attached hydrogen (secondary N) is 1. The lowest BCUT2D eigenvalue weighted by molar-refractivity contribution is -0.118. The molecule has 0 atom stereocenters. The number of hydrogen-bond donors (Lipinski definition) is 2. The van der Waals surface area contributed by atoms with Crippen LogP contribution in [0.25, 0.3) is 0 Å². The fourth-order valence-electron chi connectivity index (χ4n) is 2.11. The van der Waals surface area contributed by atoms with Gasteiger partial charge in [0.15, 0.2) is 12.4 Å². The standard InChI is InChI=1S/C18H19NO5/c1-11-7-8-12(2)15(9-11)24-10-16(20)19-14-6-4-5-13(17(14)21)18(22)23-3/h4-9,21H,10H2,1-3H3,(H,19,20). The van der Waals surface area contributed by atoms with Gasteiger partial charge in [0, 0.05) is 0 Å². The van der Waals surface area contributed by atoms with Crippen molar-refractivity contribution < 1.29 is 24.2 Å². The van der Waals surface area contributed by atoms with Crippen molar-refractivity contribution in [1.29, 1.82) is 0 Å². The van der Waals surface area contributed by atoms with Crippen molar-refractivity contribution in [3.63, 3.8) is 0 Å². The third kappa shape index (κ3) is 4.04. The summed E-state index contributed by atoms with van der Waals surface area (Å²) in [5, 5.41) is 12.6. The largest absolute Gasteiger partial charge is 0.505 e. The highest BCUT2D eigenvalue weighted by Crippen LogP contribution is 2.28. The van der Waals surface area contributed by atoms with E-state index in [9.17, 15) is 14.7 Å². The molecule has 6 heteroatoms. The Bertz CT molecular complexity index is 770. The summed E-state index contributed by atoms with van der Waals surface area (Å²) in [6.07, 6.45) is 0. The summed E-state index contributed by atoms with van der Waals surface area (Å²) >= 11 is 0. The van der Waals surface area contributed by atoms with Crippen LogP contribution in [0.1, 0.15) is 21.5 Å². The molecule has 2 aromatic carbocycles. The molecule has 2 N–H and O–H groups in total. The highest BCUT2D eigenvalue weighted by Gasteiger charge is 2.16. The first-order valence-corrected chi connectivity index (χ1v) is 7.32. The molecule has 0 fully saturated rings. The minimum Gasteiger partial charge on any atom is -0.505 e. The molecule has 0 bridgehead atoms. The number of para-hydroxylation sites is 1. The van der Waals surface area contributed by atoms with Gasteiger partial charge in [-0.2, -0.15) is 0 Å². The van der Waals surface area contributed by atoms with Crippen LogP contribution in [-0.2, 0) is 9.53 Å². The molecular formula is C18H19NO5. The number of anilines is 1. The Morgan fingerprint density at radius 3 is 2.62 bits per heavy atom. The van der Waals surface area contributed by atoms with Crippen LogP contribution >= 0.6 is 0 Å². The minimum atomic E-state index is -0.685. The predicted molar refractivity (Wildman–Crippen MR) is 89.5 cm³/mol. The zero-order valence-corrected chi connectivity index (χ0v) is 13.8. The number of carbonyl (C=O) groups excluding carboxylic acids is 2. The number of rotatable bonds is 5. The van der Waals surface area contributed by atoms with Gasteiger partial charge in [0.05, 0.1) is 12.8 Å². The first kappa shape index (κ1) is 17.3. The van der Waals surface area contributed by atoms with Gasteiger partial charge in [0.2, 0.25) is 0 Å². The second-order valence-corrected chi connectivity index (χ2v) is 5.30. The summed E-state index contributed by atoms with van der Waals surface area (Å²) in [5.74, 6) is -0.856. The molecule has 1 amide bonds. The highest BCUT2D eigenvalue weighted by molar-refractivity contribution is 5.98. The number of phenolic OH excluding ortho intramolecular Hbond substituents is 1. The predicted octanol–water partition coefficient (Wildman–Crippen LogP) is 2.81. The lowest BCUT2D eigenvalue weighted by Crippen LogP contribution is -2.20. The molecule has 0 aromatic heterocycles. The molecule has 0 saturated carbocycles. The van der Waals surface area contributed by atoms with Crippen LogP contribution in [0, 0.1) is 13.8 Å². The molecule has 0 saturated heterocycles. The van der Waals surface area contributed by atoms with E-state index in [2.05, 4.69) is 10.1 Å². The number of aromatic hydroxyl groups is 1. The van der Waals surface area contributed by atoms with Gasteiger partial charge in [-0.1, -0.05) is 18.2 Å². The van der Waals surface area contributed by atoms with Gasteiger partial charge in [0.25, 0.3) is 5.91 Å². The van der Waals surface area contributed by atoms with Gasteiger partial charge in [0.1, 0.15) is 11.3 Å². The zero-order valence-electron chi connectivity index (χ0n) is 13.8. The van der Waals surface area contributed by atoms with E-state index in [0.29, 0.717) is 5.75 Å². The summed E-state index contributed by atoms with van der Waals surface area (Å²) in [7, 11) is 1.21. The lowest BCUT2D eigenvalue weighted by Gasteiger charge is -2.12. The van der Waals surface area contributed by atoms with E-state index in [0.717, 1.165) is 11.1 Å². The molecule has 24 heavy (non-hydrogen) atoms. The second kappa shape index (κ2) is 7.50. The molecule has 0 radical (unpaired) electrons. The fraction of sp³-hybridized carbons (Fsp3) is 0.222. The van der Waals surface area contributed by atoms with E-state index < -0.39 is 11.9 Å². The Kier molecular flexibility index (Phi) is 5.42. The van der Waals surface area contributed by atoms with Crippen molar-refractivity contribution >= 4 is 17.6 Å². The number of phenols is 1. The van der Waals surface area contributed by atoms with E-state index in [1.807, 2.05) is 32.0 Å². The summed E-state index contributed by atoms with van der Waals surface area (Å²) in [6.45, 7) is 3.60. The van der Waals surface area contributed by atoms with Crippen molar-refractivity contribution in [3.05, 3.63) is 53.1 Å². The third-order valence-electron chi connectivity index (χ3n) is 3.42.